The van der Waals surface area contributed by atoms with Crippen molar-refractivity contribution in [2.24, 2.45) is 0 Å². The number of nitrogens with zero attached hydrogens (tertiary/aromatic N) is 2. The molecule has 0 aliphatic carbocycles. The predicted octanol–water partition coefficient (Wildman–Crippen LogP) is 4.20. The van der Waals surface area contributed by atoms with Crippen LogP contribution in [-0.4, -0.2) is 18.6 Å². The standard InChI is InChI=1S/C20H15N3O3S/c24-27(25,18-9-5-2-6-10-18)23-17-13-11-16(12-14-17)20-22-21-19(26-20)15-7-3-1-4-8-15/h1-14,23H. The van der Waals surface area contributed by atoms with Crippen molar-refractivity contribution in [3.05, 3.63) is 84.9 Å². The molecule has 1 N–H and O–H groups in total. The highest BCUT2D eigenvalue weighted by atomic mass is 32.2. The zero-order valence-corrected chi connectivity index (χ0v) is 14.9. The Balaban J connectivity index is 1.54. The van der Waals surface area contributed by atoms with Gasteiger partial charge < -0.3 is 4.42 Å². The third kappa shape index (κ3) is 3.73. The van der Waals surface area contributed by atoms with E-state index in [4.69, 9.17) is 4.42 Å². The molecular formula is C20H15N3O3S. The molecule has 4 rings (SSSR count). The number of anilines is 1. The van der Waals surface area contributed by atoms with E-state index in [1.807, 2.05) is 30.3 Å². The molecule has 0 saturated carbocycles. The van der Waals surface area contributed by atoms with Crippen LogP contribution in [0.15, 0.2) is 94.2 Å². The van der Waals surface area contributed by atoms with Crippen LogP contribution in [0.1, 0.15) is 0 Å². The predicted molar refractivity (Wildman–Crippen MR) is 102 cm³/mol. The van der Waals surface area contributed by atoms with Crippen LogP contribution >= 0.6 is 0 Å². The van der Waals surface area contributed by atoms with E-state index in [2.05, 4.69) is 14.9 Å². The number of hydrogen-bond acceptors (Lipinski definition) is 5. The molecule has 0 radical (unpaired) electrons. The molecule has 0 unspecified atom stereocenters. The summed E-state index contributed by atoms with van der Waals surface area (Å²) in [4.78, 5) is 0.207. The van der Waals surface area contributed by atoms with Gasteiger partial charge in [-0.25, -0.2) is 8.42 Å². The highest BCUT2D eigenvalue weighted by molar-refractivity contribution is 7.92. The van der Waals surface area contributed by atoms with Crippen LogP contribution in [0.2, 0.25) is 0 Å². The highest BCUT2D eigenvalue weighted by Crippen LogP contribution is 2.25. The normalized spacial score (nSPS) is 11.3. The van der Waals surface area contributed by atoms with Crippen LogP contribution in [0.4, 0.5) is 5.69 Å². The van der Waals surface area contributed by atoms with Gasteiger partial charge in [0.25, 0.3) is 10.0 Å². The van der Waals surface area contributed by atoms with Gasteiger partial charge in [-0.2, -0.15) is 0 Å². The van der Waals surface area contributed by atoms with Crippen molar-refractivity contribution >= 4 is 15.7 Å². The van der Waals surface area contributed by atoms with Gasteiger partial charge in [-0.05, 0) is 48.5 Å². The Morgan fingerprint density at radius 3 is 1.78 bits per heavy atom. The Morgan fingerprint density at radius 2 is 1.19 bits per heavy atom. The van der Waals surface area contributed by atoms with Crippen LogP contribution in [-0.2, 0) is 10.0 Å². The highest BCUT2D eigenvalue weighted by Gasteiger charge is 2.14. The van der Waals surface area contributed by atoms with Crippen LogP contribution in [0.25, 0.3) is 22.9 Å². The molecule has 0 atom stereocenters. The minimum atomic E-state index is -3.62. The van der Waals surface area contributed by atoms with Crippen LogP contribution < -0.4 is 4.72 Å². The molecule has 4 aromatic rings. The molecule has 7 heteroatoms. The SMILES string of the molecule is O=S(=O)(Nc1ccc(-c2nnc(-c3ccccc3)o2)cc1)c1ccccc1. The summed E-state index contributed by atoms with van der Waals surface area (Å²) in [5.74, 6) is 0.797. The van der Waals surface area contributed by atoms with E-state index in [9.17, 15) is 8.42 Å². The summed E-state index contributed by atoms with van der Waals surface area (Å²) in [6.07, 6.45) is 0. The average molecular weight is 377 g/mol. The average Bonchev–Trinajstić information content (AvgIpc) is 3.20. The Labute approximate surface area is 156 Å². The zero-order valence-electron chi connectivity index (χ0n) is 14.1. The number of nitrogens with one attached hydrogen (secondary N) is 1. The molecule has 0 spiro atoms. The lowest BCUT2D eigenvalue weighted by molar-refractivity contribution is 0.584. The summed E-state index contributed by atoms with van der Waals surface area (Å²) >= 11 is 0. The van der Waals surface area contributed by atoms with E-state index < -0.39 is 10.0 Å². The van der Waals surface area contributed by atoms with E-state index >= 15 is 0 Å². The van der Waals surface area contributed by atoms with E-state index in [1.165, 1.54) is 0 Å². The lowest BCUT2D eigenvalue weighted by Crippen LogP contribution is -2.12. The van der Waals surface area contributed by atoms with Crippen molar-refractivity contribution in [1.29, 1.82) is 0 Å². The summed E-state index contributed by atoms with van der Waals surface area (Å²) in [5.41, 5.74) is 1.99. The Kier molecular flexibility index (Phi) is 4.43. The molecule has 0 aliphatic heterocycles. The second-order valence-electron chi connectivity index (χ2n) is 5.77. The van der Waals surface area contributed by atoms with Crippen LogP contribution in [0.3, 0.4) is 0 Å². The molecule has 0 amide bonds. The summed E-state index contributed by atoms with van der Waals surface area (Å²) in [6, 6.07) is 24.4. The number of rotatable bonds is 5. The third-order valence-electron chi connectivity index (χ3n) is 3.88. The van der Waals surface area contributed by atoms with Gasteiger partial charge in [-0.1, -0.05) is 36.4 Å². The molecule has 27 heavy (non-hydrogen) atoms. The fourth-order valence-corrected chi connectivity index (χ4v) is 3.61. The van der Waals surface area contributed by atoms with Gasteiger partial charge in [-0.3, -0.25) is 4.72 Å². The molecule has 134 valence electrons. The quantitative estimate of drug-likeness (QED) is 0.563. The van der Waals surface area contributed by atoms with Crippen molar-refractivity contribution in [1.82, 2.24) is 10.2 Å². The van der Waals surface area contributed by atoms with Gasteiger partial charge in [0.15, 0.2) is 0 Å². The molecule has 0 bridgehead atoms. The van der Waals surface area contributed by atoms with E-state index in [-0.39, 0.29) is 4.90 Å². The topological polar surface area (TPSA) is 85.1 Å². The maximum atomic E-state index is 12.4. The molecule has 0 saturated heterocycles. The second kappa shape index (κ2) is 7.05. The lowest BCUT2D eigenvalue weighted by atomic mass is 10.2. The van der Waals surface area contributed by atoms with Gasteiger partial charge in [0, 0.05) is 16.8 Å². The minimum absolute atomic E-state index is 0.207. The maximum Gasteiger partial charge on any atom is 0.261 e. The second-order valence-corrected chi connectivity index (χ2v) is 7.46. The van der Waals surface area contributed by atoms with Gasteiger partial charge in [0.2, 0.25) is 11.8 Å². The lowest BCUT2D eigenvalue weighted by Gasteiger charge is -2.08. The molecule has 1 heterocycles. The molecule has 0 aliphatic rings. The Morgan fingerprint density at radius 1 is 0.667 bits per heavy atom. The van der Waals surface area contributed by atoms with Crippen molar-refractivity contribution in [3.8, 4) is 22.9 Å². The Bertz CT molecular complexity index is 1140. The maximum absolute atomic E-state index is 12.4. The molecule has 1 aromatic heterocycles. The zero-order chi connectivity index (χ0) is 18.7. The first kappa shape index (κ1) is 17.0. The third-order valence-corrected chi connectivity index (χ3v) is 5.28. The molecule has 6 nitrogen and oxygen atoms in total. The summed E-state index contributed by atoms with van der Waals surface area (Å²) in [7, 11) is -3.62. The number of sulfonamides is 1. The summed E-state index contributed by atoms with van der Waals surface area (Å²) in [5, 5.41) is 8.12. The van der Waals surface area contributed by atoms with Crippen molar-refractivity contribution < 1.29 is 12.8 Å². The van der Waals surface area contributed by atoms with Gasteiger partial charge >= 0.3 is 0 Å². The fourth-order valence-electron chi connectivity index (χ4n) is 2.53. The minimum Gasteiger partial charge on any atom is -0.416 e. The largest absolute Gasteiger partial charge is 0.416 e. The summed E-state index contributed by atoms with van der Waals surface area (Å²) < 4.78 is 33.0. The van der Waals surface area contributed by atoms with Crippen LogP contribution in [0, 0.1) is 0 Å². The van der Waals surface area contributed by atoms with Gasteiger partial charge in [0.05, 0.1) is 4.90 Å². The van der Waals surface area contributed by atoms with Crippen LogP contribution in [0.5, 0.6) is 0 Å². The monoisotopic (exact) mass is 377 g/mol. The van der Waals surface area contributed by atoms with Gasteiger partial charge in [0.1, 0.15) is 0 Å². The van der Waals surface area contributed by atoms with E-state index in [0.29, 0.717) is 23.0 Å². The van der Waals surface area contributed by atoms with Crippen molar-refractivity contribution in [2.45, 2.75) is 4.90 Å². The molecule has 3 aromatic carbocycles. The molecule has 0 fully saturated rings. The summed E-state index contributed by atoms with van der Waals surface area (Å²) in [6.45, 7) is 0. The number of aromatic nitrogens is 2. The first-order valence-corrected chi connectivity index (χ1v) is 9.67. The van der Waals surface area contributed by atoms with Crippen molar-refractivity contribution in [3.63, 3.8) is 0 Å². The number of benzene rings is 3. The van der Waals surface area contributed by atoms with Crippen molar-refractivity contribution in [2.75, 3.05) is 4.72 Å². The molecular weight excluding hydrogens is 362 g/mol. The first-order chi connectivity index (χ1) is 13.1. The Hall–Kier alpha value is -3.45. The number of hydrogen-bond donors (Lipinski definition) is 1. The van der Waals surface area contributed by atoms with E-state index in [1.54, 1.807) is 54.6 Å². The fraction of sp³-hybridized carbons (Fsp3) is 0. The van der Waals surface area contributed by atoms with Gasteiger partial charge in [-0.15, -0.1) is 10.2 Å². The first-order valence-electron chi connectivity index (χ1n) is 8.19. The van der Waals surface area contributed by atoms with E-state index in [0.717, 1.165) is 5.56 Å². The smallest absolute Gasteiger partial charge is 0.261 e.